The summed E-state index contributed by atoms with van der Waals surface area (Å²) in [5.41, 5.74) is 2.44. The number of esters is 1. The minimum absolute atomic E-state index is 0.0379. The van der Waals surface area contributed by atoms with Gasteiger partial charge in [-0.1, -0.05) is 17.7 Å². The van der Waals surface area contributed by atoms with E-state index in [4.69, 9.17) is 16.3 Å². The third-order valence-electron chi connectivity index (χ3n) is 3.31. The first-order valence-electron chi connectivity index (χ1n) is 7.74. The van der Waals surface area contributed by atoms with Crippen LogP contribution in [0.15, 0.2) is 30.3 Å². The highest BCUT2D eigenvalue weighted by Gasteiger charge is 2.18. The molecule has 0 aliphatic heterocycles. The van der Waals surface area contributed by atoms with E-state index in [2.05, 4.69) is 15.6 Å². The maximum Gasteiger partial charge on any atom is 0.342 e. The van der Waals surface area contributed by atoms with Crippen molar-refractivity contribution >= 4 is 40.8 Å². The number of pyridine rings is 1. The average molecular weight is 376 g/mol. The molecule has 0 radical (unpaired) electrons. The summed E-state index contributed by atoms with van der Waals surface area (Å²) in [4.78, 5) is 39.2. The summed E-state index contributed by atoms with van der Waals surface area (Å²) in [5.74, 6) is -1.46. The first-order valence-corrected chi connectivity index (χ1v) is 8.12. The van der Waals surface area contributed by atoms with Crippen molar-refractivity contribution < 1.29 is 19.1 Å². The van der Waals surface area contributed by atoms with Crippen molar-refractivity contribution in [2.45, 2.75) is 20.8 Å². The van der Waals surface area contributed by atoms with Gasteiger partial charge in [0.05, 0.1) is 5.56 Å². The Balaban J connectivity index is 1.97. The Labute approximate surface area is 155 Å². The molecule has 0 atom stereocenters. The predicted octanol–water partition coefficient (Wildman–Crippen LogP) is 3.11. The molecule has 1 aromatic carbocycles. The molecule has 1 heterocycles. The molecule has 0 unspecified atom stereocenters. The molecule has 0 aliphatic carbocycles. The van der Waals surface area contributed by atoms with E-state index in [9.17, 15) is 14.4 Å². The maximum atomic E-state index is 12.2. The van der Waals surface area contributed by atoms with Crippen LogP contribution in [-0.2, 0) is 14.3 Å². The van der Waals surface area contributed by atoms with Crippen LogP contribution >= 0.6 is 11.6 Å². The van der Waals surface area contributed by atoms with Crippen LogP contribution in [0.1, 0.15) is 28.5 Å². The van der Waals surface area contributed by atoms with Gasteiger partial charge in [0.1, 0.15) is 5.15 Å². The van der Waals surface area contributed by atoms with Crippen LogP contribution in [0.5, 0.6) is 0 Å². The van der Waals surface area contributed by atoms with Gasteiger partial charge in [0.2, 0.25) is 5.91 Å². The fraction of sp³-hybridized carbons (Fsp3) is 0.222. The van der Waals surface area contributed by atoms with E-state index in [0.29, 0.717) is 22.6 Å². The molecule has 0 spiro atoms. The van der Waals surface area contributed by atoms with Crippen molar-refractivity contribution in [3.8, 4) is 0 Å². The number of halogens is 1. The van der Waals surface area contributed by atoms with E-state index >= 15 is 0 Å². The molecule has 8 heteroatoms. The Morgan fingerprint density at radius 3 is 2.38 bits per heavy atom. The molecule has 136 valence electrons. The maximum absolute atomic E-state index is 12.2. The van der Waals surface area contributed by atoms with Crippen molar-refractivity contribution in [1.29, 1.82) is 0 Å². The van der Waals surface area contributed by atoms with Crippen LogP contribution in [0.3, 0.4) is 0 Å². The van der Waals surface area contributed by atoms with Gasteiger partial charge in [0, 0.05) is 24.0 Å². The molecule has 0 saturated carbocycles. The van der Waals surface area contributed by atoms with E-state index in [-0.39, 0.29) is 16.6 Å². The topological polar surface area (TPSA) is 97.4 Å². The Hall–Kier alpha value is -2.93. The normalized spacial score (nSPS) is 10.2. The summed E-state index contributed by atoms with van der Waals surface area (Å²) >= 11 is 5.99. The van der Waals surface area contributed by atoms with Gasteiger partial charge in [-0.25, -0.2) is 9.78 Å². The van der Waals surface area contributed by atoms with Gasteiger partial charge in [0.25, 0.3) is 5.91 Å². The van der Waals surface area contributed by atoms with E-state index < -0.39 is 18.5 Å². The lowest BCUT2D eigenvalue weighted by Crippen LogP contribution is -2.21. The number of amides is 2. The number of nitrogens with one attached hydrogen (secondary N) is 2. The molecule has 7 nitrogen and oxygen atoms in total. The standard InChI is InChI=1S/C18H18ClN3O4/c1-10-7-11(2)20-17(19)16(10)18(25)26-9-15(24)22-14-6-4-5-13(8-14)21-12(3)23/h4-8H,9H2,1-3H3,(H,21,23)(H,22,24). The second-order valence-electron chi connectivity index (χ2n) is 5.63. The summed E-state index contributed by atoms with van der Waals surface area (Å²) in [7, 11) is 0. The Morgan fingerprint density at radius 1 is 1.12 bits per heavy atom. The molecular formula is C18H18ClN3O4. The smallest absolute Gasteiger partial charge is 0.342 e. The lowest BCUT2D eigenvalue weighted by atomic mass is 10.1. The number of nitrogens with zero attached hydrogens (tertiary/aromatic N) is 1. The number of aryl methyl sites for hydroxylation is 2. The van der Waals surface area contributed by atoms with Crippen molar-refractivity contribution in [2.75, 3.05) is 17.2 Å². The van der Waals surface area contributed by atoms with Gasteiger partial charge in [-0.3, -0.25) is 9.59 Å². The lowest BCUT2D eigenvalue weighted by molar-refractivity contribution is -0.119. The summed E-state index contributed by atoms with van der Waals surface area (Å²) in [6.45, 7) is 4.38. The molecule has 0 saturated heterocycles. The minimum Gasteiger partial charge on any atom is -0.452 e. The van der Waals surface area contributed by atoms with Crippen LogP contribution in [0, 0.1) is 13.8 Å². The molecule has 2 amide bonds. The Morgan fingerprint density at radius 2 is 1.77 bits per heavy atom. The number of carbonyl (C=O) groups is 3. The number of carbonyl (C=O) groups excluding carboxylic acids is 3. The van der Waals surface area contributed by atoms with Gasteiger partial charge >= 0.3 is 5.97 Å². The zero-order chi connectivity index (χ0) is 19.3. The fourth-order valence-electron chi connectivity index (χ4n) is 2.31. The van der Waals surface area contributed by atoms with E-state index in [1.165, 1.54) is 6.92 Å². The molecule has 2 N–H and O–H groups in total. The molecule has 2 rings (SSSR count). The lowest BCUT2D eigenvalue weighted by Gasteiger charge is -2.10. The monoisotopic (exact) mass is 375 g/mol. The predicted molar refractivity (Wildman–Crippen MR) is 98.4 cm³/mol. The molecule has 26 heavy (non-hydrogen) atoms. The average Bonchev–Trinajstić information content (AvgIpc) is 2.51. The Bertz CT molecular complexity index is 844. The van der Waals surface area contributed by atoms with E-state index in [1.807, 2.05) is 0 Å². The van der Waals surface area contributed by atoms with Gasteiger partial charge in [-0.15, -0.1) is 0 Å². The number of rotatable bonds is 5. The fourth-order valence-corrected chi connectivity index (χ4v) is 2.67. The minimum atomic E-state index is -0.720. The number of aromatic nitrogens is 1. The molecule has 1 aromatic heterocycles. The van der Waals surface area contributed by atoms with Crippen molar-refractivity contribution in [1.82, 2.24) is 4.98 Å². The molecule has 0 aliphatic rings. The third kappa shape index (κ3) is 5.29. The van der Waals surface area contributed by atoms with Crippen molar-refractivity contribution in [3.63, 3.8) is 0 Å². The highest BCUT2D eigenvalue weighted by Crippen LogP contribution is 2.20. The highest BCUT2D eigenvalue weighted by atomic mass is 35.5. The number of benzene rings is 1. The quantitative estimate of drug-likeness (QED) is 0.618. The summed E-state index contributed by atoms with van der Waals surface area (Å²) in [6.07, 6.45) is 0. The number of ether oxygens (including phenoxy) is 1. The number of hydrogen-bond donors (Lipinski definition) is 2. The summed E-state index contributed by atoms with van der Waals surface area (Å²) in [5, 5.41) is 5.23. The van der Waals surface area contributed by atoms with Crippen LogP contribution in [0.2, 0.25) is 5.15 Å². The second-order valence-corrected chi connectivity index (χ2v) is 5.99. The van der Waals surface area contributed by atoms with Crippen LogP contribution < -0.4 is 10.6 Å². The largest absolute Gasteiger partial charge is 0.452 e. The first-order chi connectivity index (χ1) is 12.3. The number of anilines is 2. The third-order valence-corrected chi connectivity index (χ3v) is 3.58. The zero-order valence-electron chi connectivity index (χ0n) is 14.6. The van der Waals surface area contributed by atoms with Gasteiger partial charge in [-0.2, -0.15) is 0 Å². The summed E-state index contributed by atoms with van der Waals surface area (Å²) in [6, 6.07) is 8.30. The number of hydrogen-bond acceptors (Lipinski definition) is 5. The zero-order valence-corrected chi connectivity index (χ0v) is 15.3. The van der Waals surface area contributed by atoms with Crippen LogP contribution in [-0.4, -0.2) is 29.4 Å². The SMILES string of the molecule is CC(=O)Nc1cccc(NC(=O)COC(=O)c2c(C)cc(C)nc2Cl)c1. The van der Waals surface area contributed by atoms with Gasteiger partial charge in [-0.05, 0) is 43.7 Å². The summed E-state index contributed by atoms with van der Waals surface area (Å²) < 4.78 is 5.01. The van der Waals surface area contributed by atoms with Gasteiger partial charge < -0.3 is 15.4 Å². The van der Waals surface area contributed by atoms with Crippen LogP contribution in [0.25, 0.3) is 0 Å². The first kappa shape index (κ1) is 19.4. The molecular weight excluding hydrogens is 358 g/mol. The van der Waals surface area contributed by atoms with Crippen molar-refractivity contribution in [2.24, 2.45) is 0 Å². The molecule has 0 bridgehead atoms. The second kappa shape index (κ2) is 8.44. The van der Waals surface area contributed by atoms with Crippen LogP contribution in [0.4, 0.5) is 11.4 Å². The molecule has 2 aromatic rings. The van der Waals surface area contributed by atoms with Crippen molar-refractivity contribution in [3.05, 3.63) is 52.3 Å². The molecule has 0 fully saturated rings. The van der Waals surface area contributed by atoms with Gasteiger partial charge in [0.15, 0.2) is 6.61 Å². The van der Waals surface area contributed by atoms with E-state index in [0.717, 1.165) is 0 Å². The Kier molecular flexibility index (Phi) is 6.30. The van der Waals surface area contributed by atoms with E-state index in [1.54, 1.807) is 44.2 Å². The highest BCUT2D eigenvalue weighted by molar-refractivity contribution is 6.32.